The van der Waals surface area contributed by atoms with Gasteiger partial charge in [0.2, 0.25) is 11.8 Å². The van der Waals surface area contributed by atoms with E-state index in [0.29, 0.717) is 23.6 Å². The van der Waals surface area contributed by atoms with Crippen LogP contribution in [0.1, 0.15) is 32.3 Å². The van der Waals surface area contributed by atoms with Crippen molar-refractivity contribution in [3.05, 3.63) is 92.4 Å². The Kier molecular flexibility index (Phi) is 11.5. The second-order valence-electron chi connectivity index (χ2n) is 8.94. The summed E-state index contributed by atoms with van der Waals surface area (Å²) in [5.41, 5.74) is 0.723. The fraction of sp³-hybridized carbons (Fsp3) is 0.286. The molecule has 0 radical (unpaired) electrons. The number of carbonyl (C=O) groups excluding carboxylic acids is 2. The second kappa shape index (κ2) is 14.4. The maximum Gasteiger partial charge on any atom is 0.264 e. The molecule has 0 aliphatic heterocycles. The number of hydrogen-bond acceptors (Lipinski definition) is 4. The summed E-state index contributed by atoms with van der Waals surface area (Å²) in [6, 6.07) is 16.0. The summed E-state index contributed by atoms with van der Waals surface area (Å²) >= 11 is 24.7. The van der Waals surface area contributed by atoms with Gasteiger partial charge in [0.25, 0.3) is 10.0 Å². The first-order valence-corrected chi connectivity index (χ1v) is 15.5. The number of amides is 2. The highest BCUT2D eigenvalue weighted by molar-refractivity contribution is 7.92. The van der Waals surface area contributed by atoms with E-state index in [-0.39, 0.29) is 44.5 Å². The zero-order chi connectivity index (χ0) is 29.4. The van der Waals surface area contributed by atoms with E-state index in [1.165, 1.54) is 35.2 Å². The third-order valence-electron chi connectivity index (χ3n) is 6.02. The van der Waals surface area contributed by atoms with Crippen molar-refractivity contribution in [2.75, 3.05) is 17.4 Å². The van der Waals surface area contributed by atoms with Crippen LogP contribution >= 0.6 is 46.4 Å². The van der Waals surface area contributed by atoms with Gasteiger partial charge in [-0.2, -0.15) is 0 Å². The van der Waals surface area contributed by atoms with Crippen molar-refractivity contribution < 1.29 is 18.0 Å². The van der Waals surface area contributed by atoms with E-state index in [2.05, 4.69) is 5.32 Å². The number of benzene rings is 3. The van der Waals surface area contributed by atoms with Crippen molar-refractivity contribution in [1.29, 1.82) is 0 Å². The minimum absolute atomic E-state index is 0.0106. The highest BCUT2D eigenvalue weighted by atomic mass is 35.5. The molecule has 214 valence electrons. The molecule has 40 heavy (non-hydrogen) atoms. The van der Waals surface area contributed by atoms with Crippen molar-refractivity contribution in [2.24, 2.45) is 0 Å². The highest BCUT2D eigenvalue weighted by Gasteiger charge is 2.34. The van der Waals surface area contributed by atoms with Crippen molar-refractivity contribution >= 4 is 73.9 Å². The van der Waals surface area contributed by atoms with Crippen molar-refractivity contribution in [3.8, 4) is 0 Å². The number of halogens is 4. The molecule has 0 heterocycles. The van der Waals surface area contributed by atoms with Crippen LogP contribution in [-0.2, 0) is 26.2 Å². The molecule has 12 heteroatoms. The van der Waals surface area contributed by atoms with Gasteiger partial charge in [0, 0.05) is 23.1 Å². The predicted octanol–water partition coefficient (Wildman–Crippen LogP) is 6.83. The Morgan fingerprint density at radius 3 is 2.10 bits per heavy atom. The minimum atomic E-state index is -4.24. The average Bonchev–Trinajstić information content (AvgIpc) is 2.92. The summed E-state index contributed by atoms with van der Waals surface area (Å²) in [5.74, 6) is -0.957. The van der Waals surface area contributed by atoms with Crippen LogP contribution < -0.4 is 9.62 Å². The molecule has 3 aromatic carbocycles. The number of rotatable bonds is 12. The average molecular weight is 645 g/mol. The van der Waals surface area contributed by atoms with E-state index < -0.39 is 28.5 Å². The molecule has 0 unspecified atom stereocenters. The lowest BCUT2D eigenvalue weighted by Gasteiger charge is -2.33. The maximum absolute atomic E-state index is 14.0. The van der Waals surface area contributed by atoms with Crippen LogP contribution in [0.4, 0.5) is 5.69 Å². The lowest BCUT2D eigenvalue weighted by Crippen LogP contribution is -2.52. The summed E-state index contributed by atoms with van der Waals surface area (Å²) in [6.45, 7) is 3.50. The molecule has 3 rings (SSSR count). The number of carbonyl (C=O) groups is 2. The van der Waals surface area contributed by atoms with Crippen LogP contribution in [0.5, 0.6) is 0 Å². The number of sulfonamides is 1. The molecular formula is C28H29Cl4N3O4S. The Morgan fingerprint density at radius 1 is 0.875 bits per heavy atom. The van der Waals surface area contributed by atoms with E-state index in [9.17, 15) is 18.0 Å². The summed E-state index contributed by atoms with van der Waals surface area (Å²) in [7, 11) is -4.24. The number of anilines is 1. The minimum Gasteiger partial charge on any atom is -0.354 e. The van der Waals surface area contributed by atoms with E-state index in [0.717, 1.165) is 4.31 Å². The molecule has 0 bridgehead atoms. The van der Waals surface area contributed by atoms with Gasteiger partial charge in [-0.3, -0.25) is 13.9 Å². The Bertz CT molecular complexity index is 1430. The van der Waals surface area contributed by atoms with Gasteiger partial charge in [-0.05, 0) is 60.9 Å². The summed E-state index contributed by atoms with van der Waals surface area (Å²) < 4.78 is 28.6. The molecule has 0 spiro atoms. The lowest BCUT2D eigenvalue weighted by atomic mass is 10.1. The maximum atomic E-state index is 14.0. The third kappa shape index (κ3) is 8.04. The number of nitrogens with zero attached hydrogens (tertiary/aromatic N) is 2. The fourth-order valence-electron chi connectivity index (χ4n) is 4.05. The first-order chi connectivity index (χ1) is 19.0. The molecule has 3 aromatic rings. The molecule has 0 aromatic heterocycles. The van der Waals surface area contributed by atoms with E-state index in [1.807, 2.05) is 6.92 Å². The van der Waals surface area contributed by atoms with Crippen LogP contribution in [0.15, 0.2) is 71.6 Å². The molecule has 0 fully saturated rings. The summed E-state index contributed by atoms with van der Waals surface area (Å²) in [5, 5.41) is 3.86. The second-order valence-corrected chi connectivity index (χ2v) is 12.5. The molecule has 0 aliphatic rings. The molecular weight excluding hydrogens is 616 g/mol. The lowest BCUT2D eigenvalue weighted by molar-refractivity contribution is -0.140. The van der Waals surface area contributed by atoms with Gasteiger partial charge in [-0.25, -0.2) is 8.42 Å². The topological polar surface area (TPSA) is 86.8 Å². The Labute approximate surface area is 255 Å². The van der Waals surface area contributed by atoms with Crippen LogP contribution in [0, 0.1) is 0 Å². The Balaban J connectivity index is 2.08. The van der Waals surface area contributed by atoms with Crippen molar-refractivity contribution in [1.82, 2.24) is 10.2 Å². The van der Waals surface area contributed by atoms with E-state index >= 15 is 0 Å². The standard InChI is InChI=1S/C28H29Cl4N3O4S/c1-3-12-33-28(37)26(4-2)34(17-19-10-11-24(31)25(32)13-19)27(36)18-35(22-15-20(29)14-21(30)16-22)40(38,39)23-8-6-5-7-9-23/h5-11,13-16,26H,3-4,12,17-18H2,1-2H3,(H,33,37)/t26-/m1/s1. The number of hydrogen-bond donors (Lipinski definition) is 1. The molecule has 1 N–H and O–H groups in total. The SMILES string of the molecule is CCCNC(=O)[C@@H](CC)N(Cc1ccc(Cl)c(Cl)c1)C(=O)CN(c1cc(Cl)cc(Cl)c1)S(=O)(=O)c1ccccc1. The zero-order valence-corrected chi connectivity index (χ0v) is 25.8. The molecule has 1 atom stereocenters. The van der Waals surface area contributed by atoms with Gasteiger partial charge in [-0.15, -0.1) is 0 Å². The molecule has 2 amide bonds. The van der Waals surface area contributed by atoms with E-state index in [4.69, 9.17) is 46.4 Å². The zero-order valence-electron chi connectivity index (χ0n) is 21.9. The Hall–Kier alpha value is -2.49. The van der Waals surface area contributed by atoms with Gasteiger partial charge >= 0.3 is 0 Å². The van der Waals surface area contributed by atoms with Gasteiger partial charge in [0.1, 0.15) is 12.6 Å². The smallest absolute Gasteiger partial charge is 0.264 e. The van der Waals surface area contributed by atoms with Gasteiger partial charge in [-0.1, -0.05) is 84.5 Å². The molecule has 0 aliphatic carbocycles. The monoisotopic (exact) mass is 643 g/mol. The normalized spacial score (nSPS) is 12.1. The quantitative estimate of drug-likeness (QED) is 0.234. The van der Waals surface area contributed by atoms with Crippen molar-refractivity contribution in [3.63, 3.8) is 0 Å². The van der Waals surface area contributed by atoms with E-state index in [1.54, 1.807) is 43.3 Å². The van der Waals surface area contributed by atoms with Crippen LogP contribution in [0.3, 0.4) is 0 Å². The fourth-order valence-corrected chi connectivity index (χ4v) is 6.31. The Morgan fingerprint density at radius 2 is 1.52 bits per heavy atom. The van der Waals surface area contributed by atoms with Crippen molar-refractivity contribution in [2.45, 2.75) is 44.2 Å². The van der Waals surface area contributed by atoms with Gasteiger partial charge in [0.05, 0.1) is 20.6 Å². The molecule has 7 nitrogen and oxygen atoms in total. The first-order valence-electron chi connectivity index (χ1n) is 12.5. The highest BCUT2D eigenvalue weighted by Crippen LogP contribution is 2.30. The molecule has 0 saturated carbocycles. The van der Waals surface area contributed by atoms with Crippen LogP contribution in [0.25, 0.3) is 0 Å². The van der Waals surface area contributed by atoms with Crippen LogP contribution in [0.2, 0.25) is 20.1 Å². The predicted molar refractivity (Wildman–Crippen MR) is 162 cm³/mol. The first kappa shape index (κ1) is 32.0. The largest absolute Gasteiger partial charge is 0.354 e. The molecule has 0 saturated heterocycles. The van der Waals surface area contributed by atoms with Crippen LogP contribution in [-0.4, -0.2) is 44.3 Å². The summed E-state index contributed by atoms with van der Waals surface area (Å²) in [4.78, 5) is 28.5. The van der Waals surface area contributed by atoms with Gasteiger partial charge in [0.15, 0.2) is 0 Å². The summed E-state index contributed by atoms with van der Waals surface area (Å²) in [6.07, 6.45) is 0.999. The third-order valence-corrected chi connectivity index (χ3v) is 8.98. The number of nitrogens with one attached hydrogen (secondary N) is 1. The van der Waals surface area contributed by atoms with Gasteiger partial charge < -0.3 is 10.2 Å².